The second-order valence-corrected chi connectivity index (χ2v) is 6.74. The lowest BCUT2D eigenvalue weighted by Crippen LogP contribution is -2.17. The lowest BCUT2D eigenvalue weighted by molar-refractivity contribution is 0.100. The van der Waals surface area contributed by atoms with Crippen LogP contribution in [0.4, 0.5) is 0 Å². The van der Waals surface area contributed by atoms with Gasteiger partial charge in [-0.25, -0.2) is 0 Å². The zero-order valence-electron chi connectivity index (χ0n) is 17.2. The summed E-state index contributed by atoms with van der Waals surface area (Å²) in [4.78, 5) is 11.1. The van der Waals surface area contributed by atoms with Gasteiger partial charge in [0.2, 0.25) is 5.91 Å². The van der Waals surface area contributed by atoms with Gasteiger partial charge in [0.15, 0.2) is 0 Å². The number of hydrogen-bond donors (Lipinski definition) is 2. The molecule has 1 amide bonds. The number of carbonyl (C=O) groups excluding carboxylic acids is 1. The highest BCUT2D eigenvalue weighted by Gasteiger charge is 2.05. The number of amides is 1. The van der Waals surface area contributed by atoms with Crippen molar-refractivity contribution in [3.8, 4) is 23.0 Å². The number of nitrogens with one attached hydrogen (secondary N) is 1. The Morgan fingerprint density at radius 2 is 1.50 bits per heavy atom. The van der Waals surface area contributed by atoms with E-state index in [4.69, 9.17) is 19.9 Å². The van der Waals surface area contributed by atoms with E-state index in [1.807, 2.05) is 42.5 Å². The molecule has 0 radical (unpaired) electrons. The Morgan fingerprint density at radius 1 is 0.867 bits per heavy atom. The van der Waals surface area contributed by atoms with Crippen LogP contribution in [-0.4, -0.2) is 26.7 Å². The van der Waals surface area contributed by atoms with E-state index in [0.29, 0.717) is 11.3 Å². The normalized spacial score (nSPS) is 10.5. The van der Waals surface area contributed by atoms with Crippen molar-refractivity contribution >= 4 is 5.91 Å². The Balaban J connectivity index is 1.48. The SMILES string of the molecule is COc1ccc(OC)c(CCNCc2ccc(Oc3ccc(C(N)=O)cc3)cc2)c1. The number of carbonyl (C=O) groups is 1. The van der Waals surface area contributed by atoms with Crippen LogP contribution in [-0.2, 0) is 13.0 Å². The molecular formula is C24H26N2O4. The molecule has 0 bridgehead atoms. The van der Waals surface area contributed by atoms with E-state index in [1.54, 1.807) is 38.5 Å². The van der Waals surface area contributed by atoms with E-state index in [9.17, 15) is 4.79 Å². The molecular weight excluding hydrogens is 380 g/mol. The van der Waals surface area contributed by atoms with Crippen molar-refractivity contribution in [1.29, 1.82) is 0 Å². The highest BCUT2D eigenvalue weighted by molar-refractivity contribution is 5.92. The van der Waals surface area contributed by atoms with Crippen LogP contribution in [0.5, 0.6) is 23.0 Å². The van der Waals surface area contributed by atoms with Crippen LogP contribution in [0.25, 0.3) is 0 Å². The summed E-state index contributed by atoms with van der Waals surface area (Å²) in [6.45, 7) is 1.56. The Hall–Kier alpha value is -3.51. The molecule has 0 atom stereocenters. The molecule has 30 heavy (non-hydrogen) atoms. The zero-order chi connectivity index (χ0) is 21.3. The highest BCUT2D eigenvalue weighted by atomic mass is 16.5. The fourth-order valence-electron chi connectivity index (χ4n) is 3.03. The summed E-state index contributed by atoms with van der Waals surface area (Å²) in [5, 5.41) is 3.44. The molecule has 0 unspecified atom stereocenters. The van der Waals surface area contributed by atoms with Crippen molar-refractivity contribution in [3.63, 3.8) is 0 Å². The van der Waals surface area contributed by atoms with E-state index in [1.165, 1.54) is 0 Å². The van der Waals surface area contributed by atoms with Crippen LogP contribution in [0, 0.1) is 0 Å². The maximum absolute atomic E-state index is 11.1. The molecule has 0 aliphatic carbocycles. The monoisotopic (exact) mass is 406 g/mol. The molecule has 0 spiro atoms. The van der Waals surface area contributed by atoms with E-state index in [2.05, 4.69) is 5.32 Å². The van der Waals surface area contributed by atoms with Crippen molar-refractivity contribution in [3.05, 3.63) is 83.4 Å². The van der Waals surface area contributed by atoms with E-state index < -0.39 is 5.91 Å². The summed E-state index contributed by atoms with van der Waals surface area (Å²) >= 11 is 0. The van der Waals surface area contributed by atoms with E-state index in [-0.39, 0.29) is 0 Å². The first kappa shape index (κ1) is 21.2. The lowest BCUT2D eigenvalue weighted by atomic mass is 10.1. The molecule has 0 fully saturated rings. The molecule has 3 aromatic rings. The van der Waals surface area contributed by atoms with Crippen molar-refractivity contribution in [2.75, 3.05) is 20.8 Å². The maximum atomic E-state index is 11.1. The second-order valence-electron chi connectivity index (χ2n) is 6.74. The van der Waals surface area contributed by atoms with E-state index in [0.717, 1.165) is 47.9 Å². The van der Waals surface area contributed by atoms with Crippen LogP contribution in [0.15, 0.2) is 66.7 Å². The number of benzene rings is 3. The molecule has 6 nitrogen and oxygen atoms in total. The molecule has 0 saturated heterocycles. The fourth-order valence-corrected chi connectivity index (χ4v) is 3.03. The minimum absolute atomic E-state index is 0.454. The van der Waals surface area contributed by atoms with Crippen molar-refractivity contribution < 1.29 is 19.0 Å². The summed E-state index contributed by atoms with van der Waals surface area (Å²) in [6.07, 6.45) is 0.836. The average Bonchev–Trinajstić information content (AvgIpc) is 2.78. The van der Waals surface area contributed by atoms with Gasteiger partial charge >= 0.3 is 0 Å². The molecule has 3 aromatic carbocycles. The van der Waals surface area contributed by atoms with E-state index >= 15 is 0 Å². The fraction of sp³-hybridized carbons (Fsp3) is 0.208. The number of nitrogens with two attached hydrogens (primary N) is 1. The number of methoxy groups -OCH3 is 2. The summed E-state index contributed by atoms with van der Waals surface area (Å²) in [5.41, 5.74) is 7.96. The third kappa shape index (κ3) is 5.75. The number of primary amides is 1. The third-order valence-corrected chi connectivity index (χ3v) is 4.69. The van der Waals surface area contributed by atoms with Crippen LogP contribution in [0.2, 0.25) is 0 Å². The third-order valence-electron chi connectivity index (χ3n) is 4.69. The Labute approximate surface area is 176 Å². The molecule has 156 valence electrons. The maximum Gasteiger partial charge on any atom is 0.248 e. The number of ether oxygens (including phenoxy) is 3. The summed E-state index contributed by atoms with van der Waals surface area (Å²) < 4.78 is 16.5. The summed E-state index contributed by atoms with van der Waals surface area (Å²) in [7, 11) is 3.34. The van der Waals surface area contributed by atoms with Gasteiger partial charge in [-0.2, -0.15) is 0 Å². The molecule has 3 N–H and O–H groups in total. The minimum atomic E-state index is -0.455. The Bertz CT molecular complexity index is 970. The second kappa shape index (κ2) is 10.3. The first-order valence-corrected chi connectivity index (χ1v) is 9.67. The predicted molar refractivity (Wildman–Crippen MR) is 116 cm³/mol. The van der Waals surface area contributed by atoms with Crippen LogP contribution in [0.1, 0.15) is 21.5 Å². The first-order chi connectivity index (χ1) is 14.6. The van der Waals surface area contributed by atoms with Crippen LogP contribution < -0.4 is 25.3 Å². The Kier molecular flexibility index (Phi) is 7.29. The molecule has 3 rings (SSSR count). The van der Waals surface area contributed by atoms with Gasteiger partial charge in [0.05, 0.1) is 14.2 Å². The quantitative estimate of drug-likeness (QED) is 0.499. The van der Waals surface area contributed by atoms with Gasteiger partial charge in [0, 0.05) is 12.1 Å². The van der Waals surface area contributed by atoms with Crippen LogP contribution >= 0.6 is 0 Å². The largest absolute Gasteiger partial charge is 0.497 e. The molecule has 0 aromatic heterocycles. The first-order valence-electron chi connectivity index (χ1n) is 9.67. The number of hydrogen-bond acceptors (Lipinski definition) is 5. The smallest absolute Gasteiger partial charge is 0.248 e. The molecule has 0 heterocycles. The zero-order valence-corrected chi connectivity index (χ0v) is 17.2. The summed E-state index contributed by atoms with van der Waals surface area (Å²) in [5.74, 6) is 2.61. The Morgan fingerprint density at radius 3 is 2.10 bits per heavy atom. The van der Waals surface area contributed by atoms with Crippen molar-refractivity contribution in [2.24, 2.45) is 5.73 Å². The molecule has 0 aliphatic rings. The predicted octanol–water partition coefficient (Wildman–Crippen LogP) is 3.93. The van der Waals surface area contributed by atoms with Crippen LogP contribution in [0.3, 0.4) is 0 Å². The van der Waals surface area contributed by atoms with Gasteiger partial charge in [0.25, 0.3) is 0 Å². The molecule has 0 aliphatic heterocycles. The van der Waals surface area contributed by atoms with Crippen molar-refractivity contribution in [2.45, 2.75) is 13.0 Å². The van der Waals surface area contributed by atoms with Gasteiger partial charge < -0.3 is 25.3 Å². The summed E-state index contributed by atoms with van der Waals surface area (Å²) in [6, 6.07) is 20.4. The molecule has 6 heteroatoms. The highest BCUT2D eigenvalue weighted by Crippen LogP contribution is 2.24. The minimum Gasteiger partial charge on any atom is -0.497 e. The van der Waals surface area contributed by atoms with Gasteiger partial charge in [-0.3, -0.25) is 4.79 Å². The van der Waals surface area contributed by atoms with Gasteiger partial charge in [0.1, 0.15) is 23.0 Å². The molecule has 0 saturated carbocycles. The van der Waals surface area contributed by atoms with Gasteiger partial charge in [-0.15, -0.1) is 0 Å². The topological polar surface area (TPSA) is 82.8 Å². The van der Waals surface area contributed by atoms with Crippen molar-refractivity contribution in [1.82, 2.24) is 5.32 Å². The van der Waals surface area contributed by atoms with Gasteiger partial charge in [-0.1, -0.05) is 12.1 Å². The number of rotatable bonds is 10. The average molecular weight is 406 g/mol. The standard InChI is InChI=1S/C24H26N2O4/c1-28-22-11-12-23(29-2)19(15-22)13-14-26-16-17-3-7-20(8-4-17)30-21-9-5-18(6-10-21)24(25)27/h3-12,15,26H,13-14,16H2,1-2H3,(H2,25,27). The lowest BCUT2D eigenvalue weighted by Gasteiger charge is -2.11. The van der Waals surface area contributed by atoms with Gasteiger partial charge in [-0.05, 0) is 78.7 Å².